The topological polar surface area (TPSA) is 34.9 Å². The van der Waals surface area contributed by atoms with E-state index in [0.29, 0.717) is 0 Å². The van der Waals surface area contributed by atoms with E-state index in [1.165, 1.54) is 4.68 Å². The van der Waals surface area contributed by atoms with Crippen LogP contribution in [0.5, 0.6) is 0 Å². The number of aryl methyl sites for hydroxylation is 1. The van der Waals surface area contributed by atoms with Gasteiger partial charge in [0.15, 0.2) is 0 Å². The molecule has 3 heteroatoms. The first-order valence-corrected chi connectivity index (χ1v) is 5.29. The van der Waals surface area contributed by atoms with Crippen LogP contribution in [-0.4, -0.2) is 15.7 Å². The van der Waals surface area contributed by atoms with Gasteiger partial charge in [0.1, 0.15) is 0 Å². The summed E-state index contributed by atoms with van der Waals surface area (Å²) < 4.78 is 1.41. The Balaban J connectivity index is 2.23. The number of hydrogen-bond acceptors (Lipinski definition) is 2. The van der Waals surface area contributed by atoms with Gasteiger partial charge < -0.3 is 0 Å². The van der Waals surface area contributed by atoms with Crippen molar-refractivity contribution < 1.29 is 4.79 Å². The Morgan fingerprint density at radius 1 is 1.31 bits per heavy atom. The van der Waals surface area contributed by atoms with Crippen molar-refractivity contribution in [3.05, 3.63) is 53.9 Å². The second-order valence-corrected chi connectivity index (χ2v) is 3.93. The van der Waals surface area contributed by atoms with Crippen LogP contribution in [0.1, 0.15) is 28.8 Å². The van der Waals surface area contributed by atoms with Gasteiger partial charge in [-0.1, -0.05) is 30.3 Å². The molecular weight excluding hydrogens is 200 g/mol. The molecule has 82 valence electrons. The largest absolute Gasteiger partial charge is 0.272 e. The molecule has 1 atom stereocenters. The predicted molar refractivity (Wildman–Crippen MR) is 62.4 cm³/mol. The van der Waals surface area contributed by atoms with E-state index < -0.39 is 0 Å². The summed E-state index contributed by atoms with van der Waals surface area (Å²) >= 11 is 0. The summed E-state index contributed by atoms with van der Waals surface area (Å²) in [6.07, 6.45) is 3.44. The normalized spacial score (nSPS) is 12.4. The molecule has 2 rings (SSSR count). The van der Waals surface area contributed by atoms with Gasteiger partial charge in [0.05, 0.1) is 12.1 Å². The first kappa shape index (κ1) is 10.6. The van der Waals surface area contributed by atoms with E-state index >= 15 is 0 Å². The minimum absolute atomic E-state index is 0.000648. The van der Waals surface area contributed by atoms with Crippen LogP contribution in [0.4, 0.5) is 0 Å². The minimum Gasteiger partial charge on any atom is -0.272 e. The Kier molecular flexibility index (Phi) is 2.86. The molecule has 16 heavy (non-hydrogen) atoms. The van der Waals surface area contributed by atoms with Gasteiger partial charge in [-0.3, -0.25) is 4.79 Å². The molecule has 0 spiro atoms. The Morgan fingerprint density at radius 3 is 2.56 bits per heavy atom. The van der Waals surface area contributed by atoms with E-state index in [4.69, 9.17) is 0 Å². The number of benzene rings is 1. The summed E-state index contributed by atoms with van der Waals surface area (Å²) in [4.78, 5) is 12.1. The fourth-order valence-corrected chi connectivity index (χ4v) is 1.62. The second kappa shape index (κ2) is 4.31. The summed E-state index contributed by atoms with van der Waals surface area (Å²) in [5.41, 5.74) is 2.01. The molecule has 0 aliphatic rings. The standard InChI is InChI=1S/C13H14N2O/c1-10-8-14-15(9-10)13(16)11(2)12-6-4-3-5-7-12/h3-9,11H,1-2H3. The average Bonchev–Trinajstić information content (AvgIpc) is 2.75. The first-order chi connectivity index (χ1) is 7.68. The number of nitrogens with zero attached hydrogens (tertiary/aromatic N) is 2. The maximum atomic E-state index is 12.1. The zero-order chi connectivity index (χ0) is 11.5. The third-order valence-electron chi connectivity index (χ3n) is 2.61. The highest BCUT2D eigenvalue weighted by Gasteiger charge is 2.17. The van der Waals surface area contributed by atoms with Crippen LogP contribution in [0, 0.1) is 6.92 Å². The summed E-state index contributed by atoms with van der Waals surface area (Å²) in [6.45, 7) is 3.82. The van der Waals surface area contributed by atoms with Crippen molar-refractivity contribution in [2.24, 2.45) is 0 Å². The Hall–Kier alpha value is -1.90. The molecule has 2 aromatic rings. The molecule has 1 aromatic heterocycles. The summed E-state index contributed by atoms with van der Waals surface area (Å²) in [6, 6.07) is 9.73. The lowest BCUT2D eigenvalue weighted by atomic mass is 10.0. The maximum absolute atomic E-state index is 12.1. The molecular formula is C13H14N2O. The quantitative estimate of drug-likeness (QED) is 0.770. The molecule has 0 bridgehead atoms. The van der Waals surface area contributed by atoms with Gasteiger partial charge in [0, 0.05) is 6.20 Å². The first-order valence-electron chi connectivity index (χ1n) is 5.29. The van der Waals surface area contributed by atoms with Crippen molar-refractivity contribution in [2.75, 3.05) is 0 Å². The summed E-state index contributed by atoms with van der Waals surface area (Å²) in [5.74, 6) is -0.167. The molecule has 3 nitrogen and oxygen atoms in total. The van der Waals surface area contributed by atoms with Crippen LogP contribution < -0.4 is 0 Å². The zero-order valence-corrected chi connectivity index (χ0v) is 9.42. The molecule has 0 fully saturated rings. The Labute approximate surface area is 94.7 Å². The van der Waals surface area contributed by atoms with E-state index in [1.54, 1.807) is 12.4 Å². The van der Waals surface area contributed by atoms with Gasteiger partial charge in [-0.05, 0) is 25.0 Å². The molecule has 0 amide bonds. The SMILES string of the molecule is Cc1cnn(C(=O)C(C)c2ccccc2)c1. The minimum atomic E-state index is -0.166. The van der Waals surface area contributed by atoms with Crippen molar-refractivity contribution in [3.8, 4) is 0 Å². The van der Waals surface area contributed by atoms with Crippen LogP contribution in [-0.2, 0) is 0 Å². The van der Waals surface area contributed by atoms with Gasteiger partial charge in [-0.25, -0.2) is 4.68 Å². The van der Waals surface area contributed by atoms with Crippen LogP contribution in [0.3, 0.4) is 0 Å². The van der Waals surface area contributed by atoms with Crippen molar-refractivity contribution in [3.63, 3.8) is 0 Å². The number of rotatable bonds is 2. The summed E-state index contributed by atoms with van der Waals surface area (Å²) in [5, 5.41) is 4.03. The highest BCUT2D eigenvalue weighted by Crippen LogP contribution is 2.16. The van der Waals surface area contributed by atoms with E-state index in [2.05, 4.69) is 5.10 Å². The van der Waals surface area contributed by atoms with E-state index in [9.17, 15) is 4.79 Å². The smallest absolute Gasteiger partial charge is 0.254 e. The lowest BCUT2D eigenvalue weighted by Crippen LogP contribution is -2.18. The number of carbonyl (C=O) groups is 1. The fourth-order valence-electron chi connectivity index (χ4n) is 1.62. The number of hydrogen-bond donors (Lipinski definition) is 0. The lowest BCUT2D eigenvalue weighted by Gasteiger charge is -2.09. The molecule has 0 saturated carbocycles. The van der Waals surface area contributed by atoms with Crippen molar-refractivity contribution in [1.29, 1.82) is 0 Å². The lowest BCUT2D eigenvalue weighted by molar-refractivity contribution is 0.0868. The highest BCUT2D eigenvalue weighted by molar-refractivity contribution is 5.84. The number of aromatic nitrogens is 2. The highest BCUT2D eigenvalue weighted by atomic mass is 16.2. The van der Waals surface area contributed by atoms with Gasteiger partial charge in [0.25, 0.3) is 5.91 Å². The molecule has 0 aliphatic heterocycles. The van der Waals surface area contributed by atoms with Crippen LogP contribution in [0.2, 0.25) is 0 Å². The van der Waals surface area contributed by atoms with Crippen LogP contribution in [0.25, 0.3) is 0 Å². The van der Waals surface area contributed by atoms with Gasteiger partial charge in [-0.15, -0.1) is 0 Å². The third-order valence-corrected chi connectivity index (χ3v) is 2.61. The van der Waals surface area contributed by atoms with Crippen LogP contribution >= 0.6 is 0 Å². The van der Waals surface area contributed by atoms with Gasteiger partial charge in [-0.2, -0.15) is 5.10 Å². The summed E-state index contributed by atoms with van der Waals surface area (Å²) in [7, 11) is 0. The molecule has 1 unspecified atom stereocenters. The molecule has 0 saturated heterocycles. The van der Waals surface area contributed by atoms with Crippen molar-refractivity contribution in [2.45, 2.75) is 19.8 Å². The van der Waals surface area contributed by atoms with E-state index in [1.807, 2.05) is 44.2 Å². The molecule has 1 heterocycles. The van der Waals surface area contributed by atoms with Gasteiger partial charge in [0.2, 0.25) is 0 Å². The van der Waals surface area contributed by atoms with E-state index in [0.717, 1.165) is 11.1 Å². The fraction of sp³-hybridized carbons (Fsp3) is 0.231. The maximum Gasteiger partial charge on any atom is 0.254 e. The van der Waals surface area contributed by atoms with Crippen LogP contribution in [0.15, 0.2) is 42.7 Å². The van der Waals surface area contributed by atoms with Crippen molar-refractivity contribution in [1.82, 2.24) is 9.78 Å². The molecule has 1 aromatic carbocycles. The van der Waals surface area contributed by atoms with E-state index in [-0.39, 0.29) is 11.8 Å². The third kappa shape index (κ3) is 2.03. The number of carbonyl (C=O) groups excluding carboxylic acids is 1. The second-order valence-electron chi connectivity index (χ2n) is 3.93. The zero-order valence-electron chi connectivity index (χ0n) is 9.42. The monoisotopic (exact) mass is 214 g/mol. The predicted octanol–water partition coefficient (Wildman–Crippen LogP) is 2.64. The molecule has 0 N–H and O–H groups in total. The Bertz CT molecular complexity index is 488. The van der Waals surface area contributed by atoms with Crippen molar-refractivity contribution >= 4 is 5.91 Å². The van der Waals surface area contributed by atoms with Gasteiger partial charge >= 0.3 is 0 Å². The Morgan fingerprint density at radius 2 is 2.00 bits per heavy atom. The molecule has 0 aliphatic carbocycles. The average molecular weight is 214 g/mol. The molecule has 0 radical (unpaired) electrons.